The summed E-state index contributed by atoms with van der Waals surface area (Å²) in [5.74, 6) is -0.230. The predicted molar refractivity (Wildman–Crippen MR) is 124 cm³/mol. The molecule has 5 aromatic rings. The van der Waals surface area contributed by atoms with Crippen molar-refractivity contribution in [2.75, 3.05) is 5.32 Å². The highest BCUT2D eigenvalue weighted by atomic mass is 19.1. The lowest BCUT2D eigenvalue weighted by Crippen LogP contribution is -2.01. The first-order valence-corrected chi connectivity index (χ1v) is 10.3. The summed E-state index contributed by atoms with van der Waals surface area (Å²) in [4.78, 5) is 17.6. The van der Waals surface area contributed by atoms with Crippen LogP contribution in [0.3, 0.4) is 0 Å². The molecule has 3 heterocycles. The average molecular weight is 421 g/mol. The van der Waals surface area contributed by atoms with Gasteiger partial charge in [-0.25, -0.2) is 4.39 Å². The van der Waals surface area contributed by atoms with E-state index in [9.17, 15) is 4.39 Å². The quantitative estimate of drug-likeness (QED) is 0.388. The number of halogens is 1. The highest BCUT2D eigenvalue weighted by Crippen LogP contribution is 2.34. The van der Waals surface area contributed by atoms with Gasteiger partial charge in [0.15, 0.2) is 0 Å². The summed E-state index contributed by atoms with van der Waals surface area (Å²) in [6.07, 6.45) is 8.72. The van der Waals surface area contributed by atoms with Crippen LogP contribution in [0.5, 0.6) is 0 Å². The second-order valence-corrected chi connectivity index (χ2v) is 7.55. The Hall–Kier alpha value is -4.19. The van der Waals surface area contributed by atoms with Gasteiger partial charge in [-0.1, -0.05) is 6.07 Å². The van der Waals surface area contributed by atoms with Crippen LogP contribution >= 0.6 is 0 Å². The lowest BCUT2D eigenvalue weighted by Gasteiger charge is -2.14. The van der Waals surface area contributed by atoms with E-state index in [0.29, 0.717) is 12.1 Å². The largest absolute Gasteiger partial charge is 0.380 e. The highest BCUT2D eigenvalue weighted by molar-refractivity contribution is 5.88. The molecule has 5 nitrogen and oxygen atoms in total. The maximum absolute atomic E-state index is 13.9. The minimum atomic E-state index is -0.230. The fraction of sp³-hybridized carbons (Fsp3) is 0.0769. The van der Waals surface area contributed by atoms with Crippen molar-refractivity contribution in [2.45, 2.75) is 13.5 Å². The lowest BCUT2D eigenvalue weighted by molar-refractivity contribution is 0.619. The van der Waals surface area contributed by atoms with Crippen molar-refractivity contribution in [2.24, 2.45) is 0 Å². The maximum Gasteiger partial charge on any atom is 0.126 e. The number of pyridine rings is 2. The number of fused-ring (bicyclic) bond motifs is 1. The molecule has 0 unspecified atom stereocenters. The van der Waals surface area contributed by atoms with Gasteiger partial charge in [-0.3, -0.25) is 19.9 Å². The van der Waals surface area contributed by atoms with Gasteiger partial charge in [0.1, 0.15) is 5.82 Å². The smallest absolute Gasteiger partial charge is 0.126 e. The number of nitrogens with one attached hydrogen (secondary N) is 1. The van der Waals surface area contributed by atoms with Gasteiger partial charge in [0.05, 0.1) is 28.6 Å². The third-order valence-electron chi connectivity index (χ3n) is 5.35. The molecule has 0 atom stereocenters. The zero-order valence-electron chi connectivity index (χ0n) is 17.5. The summed E-state index contributed by atoms with van der Waals surface area (Å²) in [5, 5.41) is 3.43. The number of aromatic nitrogens is 4. The summed E-state index contributed by atoms with van der Waals surface area (Å²) >= 11 is 0. The monoisotopic (exact) mass is 421 g/mol. The summed E-state index contributed by atoms with van der Waals surface area (Å²) in [5.41, 5.74) is 7.78. The molecular formula is C26H20FN5. The molecule has 0 bridgehead atoms. The second-order valence-electron chi connectivity index (χ2n) is 7.55. The van der Waals surface area contributed by atoms with Gasteiger partial charge >= 0.3 is 0 Å². The Labute approximate surface area is 185 Å². The zero-order valence-corrected chi connectivity index (χ0v) is 17.5. The Bertz CT molecular complexity index is 1400. The predicted octanol–water partition coefficient (Wildman–Crippen LogP) is 5.81. The van der Waals surface area contributed by atoms with E-state index in [4.69, 9.17) is 4.98 Å². The van der Waals surface area contributed by atoms with E-state index in [0.717, 1.165) is 44.7 Å². The molecule has 1 N–H and O–H groups in total. The highest BCUT2D eigenvalue weighted by Gasteiger charge is 2.13. The SMILES string of the molecule is Cc1cc(-c2ncc(NCc3ccncc3)cc2-c2ccc3nccnc3c2)ccc1F. The Morgan fingerprint density at radius 2 is 1.56 bits per heavy atom. The fourth-order valence-corrected chi connectivity index (χ4v) is 3.64. The summed E-state index contributed by atoms with van der Waals surface area (Å²) in [6.45, 7) is 2.41. The van der Waals surface area contributed by atoms with Crippen LogP contribution in [-0.2, 0) is 6.54 Å². The standard InChI is InChI=1S/C26H20FN5/c1-17-12-20(2-4-23(17)27)26-22(19-3-5-24-25(13-19)30-11-10-29-24)14-21(16-32-26)31-15-18-6-8-28-9-7-18/h2-14,16,31H,15H2,1H3. The third kappa shape index (κ3) is 4.03. The van der Waals surface area contributed by atoms with E-state index in [2.05, 4.69) is 26.3 Å². The van der Waals surface area contributed by atoms with Crippen molar-refractivity contribution < 1.29 is 4.39 Å². The number of aryl methyl sites for hydroxylation is 1. The van der Waals surface area contributed by atoms with E-state index in [-0.39, 0.29) is 5.82 Å². The molecule has 0 saturated carbocycles. The number of rotatable bonds is 5. The Balaban J connectivity index is 1.59. The van der Waals surface area contributed by atoms with Gasteiger partial charge in [0.25, 0.3) is 0 Å². The topological polar surface area (TPSA) is 63.6 Å². The van der Waals surface area contributed by atoms with E-state index in [1.165, 1.54) is 6.07 Å². The van der Waals surface area contributed by atoms with Gasteiger partial charge in [0.2, 0.25) is 0 Å². The van der Waals surface area contributed by atoms with Crippen molar-refractivity contribution in [1.82, 2.24) is 19.9 Å². The van der Waals surface area contributed by atoms with Crippen LogP contribution in [0.25, 0.3) is 33.4 Å². The number of hydrogen-bond acceptors (Lipinski definition) is 5. The normalized spacial score (nSPS) is 10.9. The van der Waals surface area contributed by atoms with Crippen LogP contribution in [0.4, 0.5) is 10.1 Å². The molecule has 5 rings (SSSR count). The molecule has 0 aliphatic heterocycles. The van der Waals surface area contributed by atoms with E-state index < -0.39 is 0 Å². The van der Waals surface area contributed by atoms with Crippen LogP contribution in [0, 0.1) is 12.7 Å². The maximum atomic E-state index is 13.9. The van der Waals surface area contributed by atoms with Gasteiger partial charge in [-0.05, 0) is 72.1 Å². The summed E-state index contributed by atoms with van der Waals surface area (Å²) in [7, 11) is 0. The number of nitrogens with zero attached hydrogens (tertiary/aromatic N) is 4. The van der Waals surface area contributed by atoms with Crippen LogP contribution in [0.15, 0.2) is 85.6 Å². The molecule has 0 fully saturated rings. The van der Waals surface area contributed by atoms with Crippen molar-refractivity contribution in [3.8, 4) is 22.4 Å². The van der Waals surface area contributed by atoms with Crippen LogP contribution in [0.1, 0.15) is 11.1 Å². The number of hydrogen-bond donors (Lipinski definition) is 1. The Kier molecular flexibility index (Phi) is 5.25. The zero-order chi connectivity index (χ0) is 21.9. The first-order valence-electron chi connectivity index (χ1n) is 10.3. The van der Waals surface area contributed by atoms with Crippen molar-refractivity contribution in [1.29, 1.82) is 0 Å². The van der Waals surface area contributed by atoms with Gasteiger partial charge in [0, 0.05) is 42.5 Å². The number of anilines is 1. The minimum Gasteiger partial charge on any atom is -0.380 e. The Morgan fingerprint density at radius 3 is 2.38 bits per heavy atom. The van der Waals surface area contributed by atoms with Crippen molar-refractivity contribution in [3.05, 3.63) is 103 Å². The molecule has 156 valence electrons. The molecule has 0 amide bonds. The van der Waals surface area contributed by atoms with E-state index >= 15 is 0 Å². The van der Waals surface area contributed by atoms with E-state index in [1.54, 1.807) is 44.0 Å². The summed E-state index contributed by atoms with van der Waals surface area (Å²) in [6, 6.07) is 17.1. The molecule has 6 heteroatoms. The van der Waals surface area contributed by atoms with Gasteiger partial charge < -0.3 is 5.32 Å². The molecule has 3 aromatic heterocycles. The van der Waals surface area contributed by atoms with Gasteiger partial charge in [-0.2, -0.15) is 0 Å². The van der Waals surface area contributed by atoms with Crippen LogP contribution < -0.4 is 5.32 Å². The fourth-order valence-electron chi connectivity index (χ4n) is 3.64. The second kappa shape index (κ2) is 8.51. The average Bonchev–Trinajstić information content (AvgIpc) is 2.85. The van der Waals surface area contributed by atoms with Crippen molar-refractivity contribution >= 4 is 16.7 Å². The molecule has 0 spiro atoms. The molecule has 0 aliphatic rings. The van der Waals surface area contributed by atoms with Crippen LogP contribution in [-0.4, -0.2) is 19.9 Å². The van der Waals surface area contributed by atoms with E-state index in [1.807, 2.05) is 36.4 Å². The number of benzene rings is 2. The lowest BCUT2D eigenvalue weighted by atomic mass is 9.97. The first-order chi connectivity index (χ1) is 15.7. The molecule has 32 heavy (non-hydrogen) atoms. The first kappa shape index (κ1) is 19.8. The Morgan fingerprint density at radius 1 is 0.781 bits per heavy atom. The molecule has 0 aliphatic carbocycles. The van der Waals surface area contributed by atoms with Gasteiger partial charge in [-0.15, -0.1) is 0 Å². The molecule has 2 aromatic carbocycles. The molecular weight excluding hydrogens is 401 g/mol. The molecule has 0 radical (unpaired) electrons. The molecule has 0 saturated heterocycles. The third-order valence-corrected chi connectivity index (χ3v) is 5.35. The van der Waals surface area contributed by atoms with Crippen LogP contribution in [0.2, 0.25) is 0 Å². The minimum absolute atomic E-state index is 0.230. The van der Waals surface area contributed by atoms with Crippen molar-refractivity contribution in [3.63, 3.8) is 0 Å². The summed E-state index contributed by atoms with van der Waals surface area (Å²) < 4.78 is 13.9.